The third-order valence-electron chi connectivity index (χ3n) is 8.88. The van der Waals surface area contributed by atoms with Gasteiger partial charge in [-0.15, -0.1) is 0 Å². The van der Waals surface area contributed by atoms with Crippen molar-refractivity contribution in [2.24, 2.45) is 11.3 Å². The van der Waals surface area contributed by atoms with Crippen LogP contribution in [-0.4, -0.2) is 64.0 Å². The zero-order valence-corrected chi connectivity index (χ0v) is 24.1. The van der Waals surface area contributed by atoms with Crippen molar-refractivity contribution in [1.82, 2.24) is 20.0 Å². The van der Waals surface area contributed by atoms with Crippen LogP contribution in [-0.2, 0) is 33.8 Å². The van der Waals surface area contributed by atoms with Gasteiger partial charge in [-0.25, -0.2) is 0 Å². The van der Waals surface area contributed by atoms with E-state index in [9.17, 15) is 14.4 Å². The van der Waals surface area contributed by atoms with Gasteiger partial charge in [-0.05, 0) is 74.6 Å². The monoisotopic (exact) mass is 536 g/mol. The van der Waals surface area contributed by atoms with Gasteiger partial charge in [-0.3, -0.25) is 19.1 Å². The number of aromatic nitrogens is 2. The fourth-order valence-electron chi connectivity index (χ4n) is 6.62. The van der Waals surface area contributed by atoms with Crippen molar-refractivity contribution in [1.29, 1.82) is 0 Å². The Kier molecular flexibility index (Phi) is 8.24. The molecule has 1 aromatic heterocycles. The lowest BCUT2D eigenvalue weighted by atomic mass is 9.97. The molecule has 8 nitrogen and oxygen atoms in total. The smallest absolute Gasteiger partial charge is 0.245 e. The number of benzene rings is 1. The number of ketones is 2. The number of carbonyl (C=O) groups excluding carboxylic acids is 3. The summed E-state index contributed by atoms with van der Waals surface area (Å²) in [6, 6.07) is 3.95. The van der Waals surface area contributed by atoms with Gasteiger partial charge in [0.05, 0.1) is 18.2 Å². The van der Waals surface area contributed by atoms with E-state index in [1.807, 2.05) is 11.8 Å². The van der Waals surface area contributed by atoms with Crippen LogP contribution < -0.4 is 5.32 Å². The van der Waals surface area contributed by atoms with Crippen molar-refractivity contribution in [3.63, 3.8) is 0 Å². The maximum atomic E-state index is 13.9. The van der Waals surface area contributed by atoms with Gasteiger partial charge >= 0.3 is 0 Å². The number of ether oxygens (including phenoxy) is 1. The molecule has 0 unspecified atom stereocenters. The molecule has 1 saturated carbocycles. The van der Waals surface area contributed by atoms with Gasteiger partial charge in [0, 0.05) is 43.3 Å². The molecule has 3 heterocycles. The summed E-state index contributed by atoms with van der Waals surface area (Å²) in [7, 11) is 0. The molecule has 1 N–H and O–H groups in total. The standard InChI is InChI=1S/C31H44N4O4/c1-5-26(37)25-15-31-16-27(31)35(25)28(38)18-34-30-23(17-32-11-7-6-8-12-39-19-31)13-22(10-9-20(2)3)14-24(30)29(33-34)21(4)36/h13-14,20,25,27,32H,5-12,15-19H2,1-4H3/t25-,27+,31-/m0/s1. The highest BCUT2D eigenvalue weighted by Crippen LogP contribution is 2.60. The van der Waals surface area contributed by atoms with Crippen LogP contribution in [0.2, 0.25) is 0 Å². The van der Waals surface area contributed by atoms with Crippen LogP contribution in [0.3, 0.4) is 0 Å². The third-order valence-corrected chi connectivity index (χ3v) is 8.88. The molecule has 5 rings (SSSR count). The summed E-state index contributed by atoms with van der Waals surface area (Å²) < 4.78 is 7.81. The van der Waals surface area contributed by atoms with E-state index >= 15 is 0 Å². The molecule has 0 radical (unpaired) electrons. The maximum Gasteiger partial charge on any atom is 0.245 e. The summed E-state index contributed by atoms with van der Waals surface area (Å²) in [4.78, 5) is 41.4. The Hall–Kier alpha value is -2.58. The zero-order chi connectivity index (χ0) is 27.7. The first kappa shape index (κ1) is 28.0. The van der Waals surface area contributed by atoms with E-state index in [1.165, 1.54) is 5.56 Å². The first-order valence-electron chi connectivity index (χ1n) is 14.9. The van der Waals surface area contributed by atoms with Gasteiger partial charge in [0.15, 0.2) is 11.6 Å². The predicted molar refractivity (Wildman–Crippen MR) is 151 cm³/mol. The molecule has 212 valence electrons. The van der Waals surface area contributed by atoms with Gasteiger partial charge in [-0.2, -0.15) is 5.10 Å². The lowest BCUT2D eigenvalue weighted by Gasteiger charge is -2.26. The van der Waals surface area contributed by atoms with E-state index < -0.39 is 6.04 Å². The van der Waals surface area contributed by atoms with Gasteiger partial charge in [0.25, 0.3) is 0 Å². The first-order valence-corrected chi connectivity index (χ1v) is 14.9. The summed E-state index contributed by atoms with van der Waals surface area (Å²) >= 11 is 0. The first-order chi connectivity index (χ1) is 18.7. The van der Waals surface area contributed by atoms with Gasteiger partial charge in [0.2, 0.25) is 5.91 Å². The fourth-order valence-corrected chi connectivity index (χ4v) is 6.62. The normalized spacial score (nSPS) is 26.1. The van der Waals surface area contributed by atoms with E-state index in [0.29, 0.717) is 37.6 Å². The quantitative estimate of drug-likeness (QED) is 0.548. The highest BCUT2D eigenvalue weighted by atomic mass is 16.5. The summed E-state index contributed by atoms with van der Waals surface area (Å²) in [6.45, 7) is 10.7. The summed E-state index contributed by atoms with van der Waals surface area (Å²) in [5, 5.41) is 9.12. The highest BCUT2D eigenvalue weighted by molar-refractivity contribution is 6.06. The molecule has 2 aliphatic heterocycles. The molecule has 1 amide bonds. The van der Waals surface area contributed by atoms with Gasteiger partial charge < -0.3 is 15.0 Å². The number of Topliss-reactive ketones (excluding diaryl/α,β-unsaturated/α-hetero) is 2. The number of hydrogen-bond acceptors (Lipinski definition) is 6. The van der Waals surface area contributed by atoms with E-state index in [4.69, 9.17) is 9.84 Å². The molecular weight excluding hydrogens is 492 g/mol. The molecular formula is C31H44N4O4. The second kappa shape index (κ2) is 11.5. The van der Waals surface area contributed by atoms with Crippen molar-refractivity contribution >= 4 is 28.4 Å². The molecule has 0 spiro atoms. The molecule has 2 bridgehead atoms. The Morgan fingerprint density at radius 2 is 2.03 bits per heavy atom. The number of hydrogen-bond donors (Lipinski definition) is 1. The number of piperidine rings is 1. The van der Waals surface area contributed by atoms with Gasteiger partial charge in [-0.1, -0.05) is 26.8 Å². The number of nitrogens with zero attached hydrogens (tertiary/aromatic N) is 3. The van der Waals surface area contributed by atoms with E-state index in [2.05, 4.69) is 31.3 Å². The molecule has 1 aliphatic carbocycles. The topological polar surface area (TPSA) is 93.5 Å². The summed E-state index contributed by atoms with van der Waals surface area (Å²) in [5.41, 5.74) is 3.42. The largest absolute Gasteiger partial charge is 0.381 e. The average molecular weight is 537 g/mol. The Labute approximate surface area is 231 Å². The Morgan fingerprint density at radius 3 is 2.77 bits per heavy atom. The van der Waals surface area contributed by atoms with Crippen LogP contribution in [0.15, 0.2) is 12.1 Å². The molecule has 3 aliphatic rings. The minimum absolute atomic E-state index is 0.0169. The molecule has 3 atom stereocenters. The molecule has 1 saturated heterocycles. The number of carbonyl (C=O) groups is 3. The van der Waals surface area contributed by atoms with Gasteiger partial charge in [0.1, 0.15) is 12.2 Å². The molecule has 8 heteroatoms. The molecule has 39 heavy (non-hydrogen) atoms. The minimum Gasteiger partial charge on any atom is -0.381 e. The van der Waals surface area contributed by atoms with Crippen molar-refractivity contribution in [2.45, 2.75) is 104 Å². The average Bonchev–Trinajstić information content (AvgIpc) is 3.31. The third kappa shape index (κ3) is 5.68. The van der Waals surface area contributed by atoms with Crippen LogP contribution in [0.25, 0.3) is 10.9 Å². The minimum atomic E-state index is -0.401. The number of rotatable bonds is 6. The second-order valence-electron chi connectivity index (χ2n) is 12.4. The van der Waals surface area contributed by atoms with Crippen LogP contribution in [0.5, 0.6) is 0 Å². The molecule has 2 aromatic rings. The predicted octanol–water partition coefficient (Wildman–Crippen LogP) is 4.46. The van der Waals surface area contributed by atoms with E-state index in [1.54, 1.807) is 11.6 Å². The Bertz CT molecular complexity index is 1250. The second-order valence-corrected chi connectivity index (χ2v) is 12.4. The van der Waals surface area contributed by atoms with Crippen molar-refractivity contribution in [3.8, 4) is 0 Å². The maximum absolute atomic E-state index is 13.9. The molecule has 1 aromatic carbocycles. The lowest BCUT2D eigenvalue weighted by molar-refractivity contribution is -0.139. The number of aryl methyl sites for hydroxylation is 1. The van der Waals surface area contributed by atoms with Crippen LogP contribution in [0.1, 0.15) is 94.3 Å². The zero-order valence-electron chi connectivity index (χ0n) is 24.1. The number of amides is 1. The Balaban J connectivity index is 1.55. The SMILES string of the molecule is CCC(=O)[C@@H]1C[C@]23COCCCCCNCc4cc(CCC(C)C)cc5c(C(C)=O)nn(c45)CC(=O)N1[C@@H]2C3. The van der Waals surface area contributed by atoms with Crippen molar-refractivity contribution in [3.05, 3.63) is 29.0 Å². The highest BCUT2D eigenvalue weighted by Gasteiger charge is 2.66. The van der Waals surface area contributed by atoms with Crippen molar-refractivity contribution in [2.75, 3.05) is 19.8 Å². The summed E-state index contributed by atoms with van der Waals surface area (Å²) in [6.07, 6.45) is 7.13. The van der Waals surface area contributed by atoms with Crippen LogP contribution in [0.4, 0.5) is 0 Å². The summed E-state index contributed by atoms with van der Waals surface area (Å²) in [5.74, 6) is 0.485. The van der Waals surface area contributed by atoms with Crippen LogP contribution in [0, 0.1) is 11.3 Å². The fraction of sp³-hybridized carbons (Fsp3) is 0.677. The molecule has 2 fully saturated rings. The lowest BCUT2D eigenvalue weighted by Crippen LogP contribution is -2.44. The van der Waals surface area contributed by atoms with E-state index in [-0.39, 0.29) is 35.5 Å². The van der Waals surface area contributed by atoms with Crippen LogP contribution >= 0.6 is 0 Å². The van der Waals surface area contributed by atoms with E-state index in [0.717, 1.165) is 68.1 Å². The Morgan fingerprint density at radius 1 is 1.21 bits per heavy atom. The number of nitrogens with one attached hydrogen (secondary N) is 1. The van der Waals surface area contributed by atoms with Crippen molar-refractivity contribution < 1.29 is 19.1 Å².